The Labute approximate surface area is 371 Å². The van der Waals surface area contributed by atoms with Gasteiger partial charge in [0.05, 0.1) is 0 Å². The lowest BCUT2D eigenvalue weighted by Gasteiger charge is -2.33. The van der Waals surface area contributed by atoms with E-state index in [1.54, 1.807) is 30.9 Å². The topological polar surface area (TPSA) is 165 Å². The average Bonchev–Trinajstić information content (AvgIpc) is 3.87. The maximum Gasteiger partial charge on any atom is 0.283 e. The highest BCUT2D eigenvalue weighted by molar-refractivity contribution is 6.30. The van der Waals surface area contributed by atoms with E-state index in [2.05, 4.69) is 69.5 Å². The molecule has 4 aliphatic rings. The van der Waals surface area contributed by atoms with Crippen LogP contribution in [0.5, 0.6) is 23.0 Å². The minimum absolute atomic E-state index is 0.0694. The van der Waals surface area contributed by atoms with Gasteiger partial charge in [-0.1, -0.05) is 35.6 Å². The number of hydrogen-bond acceptors (Lipinski definition) is 12. The molecule has 6 aromatic rings. The Bertz CT molecular complexity index is 2890. The number of halogens is 1. The lowest BCUT2D eigenvalue weighted by Crippen LogP contribution is -2.31. The van der Waals surface area contributed by atoms with Gasteiger partial charge in [-0.05, 0) is 113 Å². The minimum atomic E-state index is -0.794. The highest BCUT2D eigenvalue weighted by Gasteiger charge is 2.48. The molecule has 2 atom stereocenters. The zero-order valence-electron chi connectivity index (χ0n) is 35.7. The number of nitrogens with zero attached hydrogens (tertiary/aromatic N) is 6. The van der Waals surface area contributed by atoms with Crippen LogP contribution < -0.4 is 20.9 Å². The number of hydrogen-bond donors (Lipinski definition) is 2. The number of aromatic nitrogens is 4. The van der Waals surface area contributed by atoms with Crippen molar-refractivity contribution in [2.24, 2.45) is 32.3 Å². The fraction of sp³-hybridized carbons (Fsp3) is 0.240. The molecule has 4 aromatic carbocycles. The molecular weight excluding hydrogens is 812 g/mol. The summed E-state index contributed by atoms with van der Waals surface area (Å²) in [4.78, 5) is 25.8. The van der Waals surface area contributed by atoms with Crippen molar-refractivity contribution in [2.75, 3.05) is 13.2 Å². The Balaban J connectivity index is 0.000000155. The van der Waals surface area contributed by atoms with Gasteiger partial charge in [-0.3, -0.25) is 0 Å². The number of rotatable bonds is 2. The lowest BCUT2D eigenvalue weighted by molar-refractivity contribution is 0.264. The Kier molecular flexibility index (Phi) is 11.0. The molecule has 316 valence electrons. The van der Waals surface area contributed by atoms with Gasteiger partial charge in [0.15, 0.2) is 11.1 Å². The van der Waals surface area contributed by atoms with Crippen LogP contribution >= 0.6 is 11.6 Å². The summed E-state index contributed by atoms with van der Waals surface area (Å²) in [6, 6.07) is 23.6. The maximum absolute atomic E-state index is 6.25. The van der Waals surface area contributed by atoms with Gasteiger partial charge in [0.2, 0.25) is 0 Å². The number of terminal acetylenes is 1. The van der Waals surface area contributed by atoms with Crippen LogP contribution in [0, 0.1) is 35.0 Å². The van der Waals surface area contributed by atoms with Crippen molar-refractivity contribution in [1.29, 1.82) is 0 Å². The molecule has 0 aliphatic carbocycles. The highest BCUT2D eigenvalue weighted by atomic mass is 35.5. The van der Waals surface area contributed by atoms with Crippen molar-refractivity contribution in [3.8, 4) is 69.4 Å². The number of ether oxygens (including phenoxy) is 4. The van der Waals surface area contributed by atoms with Crippen molar-refractivity contribution < 1.29 is 18.9 Å². The molecule has 10 rings (SSSR count). The first-order valence-electron chi connectivity index (χ1n) is 20.1. The molecule has 63 heavy (non-hydrogen) atoms. The molecular formula is C50H45ClN8O4. The fourth-order valence-corrected chi connectivity index (χ4v) is 7.45. The first-order valence-corrected chi connectivity index (χ1v) is 20.5. The third-order valence-corrected chi connectivity index (χ3v) is 10.6. The van der Waals surface area contributed by atoms with Gasteiger partial charge >= 0.3 is 0 Å². The number of benzene rings is 4. The molecule has 0 radical (unpaired) electrons. The van der Waals surface area contributed by atoms with Crippen LogP contribution in [-0.4, -0.2) is 45.2 Å². The van der Waals surface area contributed by atoms with Crippen LogP contribution in [0.4, 0.5) is 0 Å². The summed E-state index contributed by atoms with van der Waals surface area (Å²) in [5.41, 5.74) is 18.4. The van der Waals surface area contributed by atoms with E-state index in [0.717, 1.165) is 61.6 Å². The lowest BCUT2D eigenvalue weighted by atomic mass is 9.80. The Hall–Kier alpha value is -7.41. The van der Waals surface area contributed by atoms with Gasteiger partial charge in [0, 0.05) is 79.6 Å². The number of amidine groups is 2. The van der Waals surface area contributed by atoms with Crippen LogP contribution in [0.15, 0.2) is 120 Å². The van der Waals surface area contributed by atoms with Crippen LogP contribution in [0.25, 0.3) is 22.3 Å². The molecule has 0 bridgehead atoms. The fourth-order valence-electron chi connectivity index (χ4n) is 7.27. The van der Waals surface area contributed by atoms with E-state index >= 15 is 0 Å². The number of aliphatic imine (C=N–C) groups is 2. The quantitative estimate of drug-likeness (QED) is 0.160. The van der Waals surface area contributed by atoms with Gasteiger partial charge in [0.25, 0.3) is 12.0 Å². The van der Waals surface area contributed by atoms with Gasteiger partial charge < -0.3 is 30.4 Å². The standard InChI is InChI=1S/C25H22N4O2.C19H13ClN4O2.C6H10/c1-24(2,3)9-8-16-4-6-21-19(10-16)25(14-30-23(26)29-25)20-11-17(5-7-22(20)31-21)18-12-27-15-28-13-18;20-13-2-4-17-15(6-13)19(9-25-18(21)24-19)14-5-11(1-3-16(14)26-17)12-7-22-10-23-8-12;1-5-6(2,3)4/h4-7,10-13,15H,14H2,1-3H3,(H2,26,29);1-8,10H,9H2,(H2,21,24);1H,2-4H3. The summed E-state index contributed by atoms with van der Waals surface area (Å²) in [6.45, 7) is 12.9. The SMILES string of the molecule is C#CC(C)(C)C.CC(C)(C)C#Cc1ccc2c(c1)C1(COC(N)=N1)c1cc(-c3cncnc3)ccc1O2.NC1=NC2(CO1)c1cc(Cl)ccc1Oc1ccc(-c3cncnc3)cc12. The van der Waals surface area contributed by atoms with Gasteiger partial charge in [-0.15, -0.1) is 12.3 Å². The van der Waals surface area contributed by atoms with Gasteiger partial charge in [-0.2, -0.15) is 0 Å². The van der Waals surface area contributed by atoms with Crippen LogP contribution in [0.3, 0.4) is 0 Å². The van der Waals surface area contributed by atoms with Gasteiger partial charge in [-0.25, -0.2) is 29.9 Å². The highest BCUT2D eigenvalue weighted by Crippen LogP contribution is 2.53. The molecule has 13 heteroatoms. The number of nitrogens with two attached hydrogens (primary N) is 2. The summed E-state index contributed by atoms with van der Waals surface area (Å²) in [6.07, 6.45) is 15.2. The van der Waals surface area contributed by atoms with E-state index < -0.39 is 11.1 Å². The molecule has 0 saturated carbocycles. The zero-order valence-corrected chi connectivity index (χ0v) is 36.5. The molecule has 12 nitrogen and oxygen atoms in total. The predicted molar refractivity (Wildman–Crippen MR) is 244 cm³/mol. The second-order valence-corrected chi connectivity index (χ2v) is 17.8. The Morgan fingerprint density at radius 3 is 1.40 bits per heavy atom. The predicted octanol–water partition coefficient (Wildman–Crippen LogP) is 9.39. The molecule has 2 aromatic heterocycles. The van der Waals surface area contributed by atoms with E-state index in [9.17, 15) is 0 Å². The largest absolute Gasteiger partial charge is 0.462 e. The average molecular weight is 857 g/mol. The second-order valence-electron chi connectivity index (χ2n) is 17.3. The molecule has 2 unspecified atom stereocenters. The van der Waals surface area contributed by atoms with Crippen molar-refractivity contribution in [3.63, 3.8) is 0 Å². The normalized spacial score (nSPS) is 18.4. The van der Waals surface area contributed by atoms with E-state index in [4.69, 9.17) is 53.4 Å². The Morgan fingerprint density at radius 1 is 0.571 bits per heavy atom. The Morgan fingerprint density at radius 2 is 0.984 bits per heavy atom. The smallest absolute Gasteiger partial charge is 0.283 e. The summed E-state index contributed by atoms with van der Waals surface area (Å²) < 4.78 is 23.6. The molecule has 2 spiro atoms. The molecule has 4 aliphatic heterocycles. The summed E-state index contributed by atoms with van der Waals surface area (Å²) in [7, 11) is 0. The molecule has 0 amide bonds. The third-order valence-electron chi connectivity index (χ3n) is 10.4. The van der Waals surface area contributed by atoms with E-state index in [0.29, 0.717) is 23.1 Å². The zero-order chi connectivity index (χ0) is 44.6. The van der Waals surface area contributed by atoms with Crippen molar-refractivity contribution >= 4 is 23.6 Å². The second kappa shape index (κ2) is 16.5. The minimum Gasteiger partial charge on any atom is -0.462 e. The first-order chi connectivity index (χ1) is 30.1. The maximum atomic E-state index is 6.25. The van der Waals surface area contributed by atoms with Gasteiger partial charge in [0.1, 0.15) is 48.9 Å². The third kappa shape index (κ3) is 8.72. The molecule has 6 heterocycles. The van der Waals surface area contributed by atoms with Crippen LogP contribution in [0.1, 0.15) is 69.4 Å². The van der Waals surface area contributed by atoms with Crippen LogP contribution in [-0.2, 0) is 20.6 Å². The summed E-state index contributed by atoms with van der Waals surface area (Å²) in [5.74, 6) is 12.0. The van der Waals surface area contributed by atoms with E-state index in [1.165, 1.54) is 12.7 Å². The van der Waals surface area contributed by atoms with Crippen molar-refractivity contribution in [1.82, 2.24) is 19.9 Å². The summed E-state index contributed by atoms with van der Waals surface area (Å²) in [5, 5.41) is 0.600. The van der Waals surface area contributed by atoms with Crippen molar-refractivity contribution in [2.45, 2.75) is 52.6 Å². The van der Waals surface area contributed by atoms with Crippen LogP contribution in [0.2, 0.25) is 5.02 Å². The molecule has 0 fully saturated rings. The molecule has 0 saturated heterocycles. The van der Waals surface area contributed by atoms with E-state index in [1.807, 2.05) is 81.4 Å². The molecule has 4 N–H and O–H groups in total. The van der Waals surface area contributed by atoms with E-state index in [-0.39, 0.29) is 29.5 Å². The first kappa shape index (κ1) is 42.3. The van der Waals surface area contributed by atoms with Crippen molar-refractivity contribution in [3.05, 3.63) is 143 Å². The monoisotopic (exact) mass is 856 g/mol. The number of fused-ring (bicyclic) bond motifs is 8. The summed E-state index contributed by atoms with van der Waals surface area (Å²) >= 11 is 6.24.